The van der Waals surface area contributed by atoms with E-state index in [1.165, 1.54) is 0 Å². The fraction of sp³-hybridized carbons (Fsp3) is 0.700. The number of nitrogens with two attached hydrogens (primary N) is 2. The second-order valence-electron chi connectivity index (χ2n) is 4.38. The Hall–Kier alpha value is -1.63. The fourth-order valence-electron chi connectivity index (χ4n) is 1.54. The van der Waals surface area contributed by atoms with Crippen LogP contribution in [0.3, 0.4) is 0 Å². The van der Waals surface area contributed by atoms with Crippen LogP contribution >= 0.6 is 0 Å². The van der Waals surface area contributed by atoms with Crippen molar-refractivity contribution in [3.8, 4) is 0 Å². The lowest BCUT2D eigenvalue weighted by Gasteiger charge is -2.34. The third-order valence-corrected chi connectivity index (χ3v) is 2.82. The third-order valence-electron chi connectivity index (χ3n) is 2.82. The number of carboxylic acid groups (broad SMARTS) is 1. The number of amides is 1. The van der Waals surface area contributed by atoms with E-state index in [9.17, 15) is 29.7 Å². The van der Waals surface area contributed by atoms with Crippen molar-refractivity contribution in [1.29, 1.82) is 0 Å². The van der Waals surface area contributed by atoms with Gasteiger partial charge >= 0.3 is 5.97 Å². The summed E-state index contributed by atoms with van der Waals surface area (Å²) in [5, 5.41) is 55.3. The smallest absolute Gasteiger partial charge is 0.305 e. The van der Waals surface area contributed by atoms with Gasteiger partial charge in [0.05, 0.1) is 19.1 Å². The lowest BCUT2D eigenvalue weighted by molar-refractivity contribution is -0.182. The number of carbonyl (C=O) groups is 3. The van der Waals surface area contributed by atoms with Crippen molar-refractivity contribution < 1.29 is 45.0 Å². The molecule has 1 amide bonds. The van der Waals surface area contributed by atoms with E-state index in [-0.39, 0.29) is 0 Å². The molecule has 0 aliphatic rings. The summed E-state index contributed by atoms with van der Waals surface area (Å²) in [7, 11) is 0. The number of hydrogen-bond donors (Lipinski definition) is 8. The van der Waals surface area contributed by atoms with Crippen LogP contribution in [-0.4, -0.2) is 84.9 Å². The Kier molecular flexibility index (Phi) is 6.82. The van der Waals surface area contributed by atoms with Crippen LogP contribution in [0, 0.1) is 0 Å². The van der Waals surface area contributed by atoms with Crippen molar-refractivity contribution in [1.82, 2.24) is 0 Å². The summed E-state index contributed by atoms with van der Waals surface area (Å²) in [6.45, 7) is -1.05. The highest BCUT2D eigenvalue weighted by molar-refractivity contribution is 6.12. The van der Waals surface area contributed by atoms with Crippen molar-refractivity contribution in [2.45, 2.75) is 36.4 Å². The SMILES string of the molecule is NC(=O)[C@@](O)(C(=O)[C@@H](N)CC(=O)O)[C@@H](O)[C@H](O)[C@H](O)CO. The molecule has 0 aromatic rings. The first-order chi connectivity index (χ1) is 9.49. The minimum Gasteiger partial charge on any atom is -0.481 e. The maximum absolute atomic E-state index is 11.8. The van der Waals surface area contributed by atoms with Crippen LogP contribution in [0.4, 0.5) is 0 Å². The first kappa shape index (κ1) is 19.4. The quantitative estimate of drug-likeness (QED) is 0.188. The number of carboxylic acids is 1. The maximum Gasteiger partial charge on any atom is 0.305 e. The van der Waals surface area contributed by atoms with E-state index in [4.69, 9.17) is 26.8 Å². The topological polar surface area (TPSA) is 225 Å². The number of carbonyl (C=O) groups excluding carboxylic acids is 2. The first-order valence-corrected chi connectivity index (χ1v) is 5.69. The molecule has 0 fully saturated rings. The largest absolute Gasteiger partial charge is 0.481 e. The van der Waals surface area contributed by atoms with Gasteiger partial charge in [-0.15, -0.1) is 0 Å². The molecule has 0 unspecified atom stereocenters. The summed E-state index contributed by atoms with van der Waals surface area (Å²) in [5.74, 6) is -4.97. The summed E-state index contributed by atoms with van der Waals surface area (Å²) in [6.07, 6.45) is -7.90. The Labute approximate surface area is 118 Å². The minimum absolute atomic E-state index is 0.972. The first-order valence-electron chi connectivity index (χ1n) is 5.69. The number of aliphatic carboxylic acids is 1. The van der Waals surface area contributed by atoms with Crippen LogP contribution in [0.1, 0.15) is 6.42 Å². The minimum atomic E-state index is -3.43. The second kappa shape index (κ2) is 7.40. The average Bonchev–Trinajstić information content (AvgIpc) is 2.41. The Bertz CT molecular complexity index is 415. The zero-order chi connectivity index (χ0) is 17.0. The van der Waals surface area contributed by atoms with E-state index in [0.29, 0.717) is 0 Å². The highest BCUT2D eigenvalue weighted by Crippen LogP contribution is 2.19. The van der Waals surface area contributed by atoms with Crippen LogP contribution in [0.25, 0.3) is 0 Å². The Morgan fingerprint density at radius 1 is 1.14 bits per heavy atom. The molecular weight excluding hydrogens is 292 g/mol. The second-order valence-corrected chi connectivity index (χ2v) is 4.38. The predicted octanol–water partition coefficient (Wildman–Crippen LogP) is -5.35. The summed E-state index contributed by atoms with van der Waals surface area (Å²) in [5.41, 5.74) is 6.55. The fourth-order valence-corrected chi connectivity index (χ4v) is 1.54. The van der Waals surface area contributed by atoms with Crippen LogP contribution < -0.4 is 11.5 Å². The molecule has 21 heavy (non-hydrogen) atoms. The highest BCUT2D eigenvalue weighted by Gasteiger charge is 2.54. The van der Waals surface area contributed by atoms with Gasteiger partial charge in [0.2, 0.25) is 5.60 Å². The third kappa shape index (κ3) is 4.17. The summed E-state index contributed by atoms with van der Waals surface area (Å²) >= 11 is 0. The lowest BCUT2D eigenvalue weighted by atomic mass is 9.82. The van der Waals surface area contributed by atoms with Crippen molar-refractivity contribution in [2.75, 3.05) is 6.61 Å². The van der Waals surface area contributed by atoms with Gasteiger partial charge in [-0.05, 0) is 0 Å². The normalized spacial score (nSPS) is 19.9. The van der Waals surface area contributed by atoms with Crippen LogP contribution in [0.5, 0.6) is 0 Å². The molecule has 5 atom stereocenters. The molecular formula is C10H18N2O9. The molecule has 11 heteroatoms. The molecule has 0 aromatic carbocycles. The van der Waals surface area contributed by atoms with Gasteiger partial charge < -0.3 is 42.1 Å². The molecule has 0 saturated heterocycles. The van der Waals surface area contributed by atoms with Crippen molar-refractivity contribution >= 4 is 17.7 Å². The van der Waals surface area contributed by atoms with Gasteiger partial charge in [0.15, 0.2) is 5.78 Å². The molecule has 0 spiro atoms. The Morgan fingerprint density at radius 2 is 1.62 bits per heavy atom. The van der Waals surface area contributed by atoms with Gasteiger partial charge in [0.1, 0.15) is 18.3 Å². The number of Topliss-reactive ketones (excluding diaryl/α,β-unsaturated/α-hetero) is 1. The zero-order valence-corrected chi connectivity index (χ0v) is 10.8. The maximum atomic E-state index is 11.8. The summed E-state index contributed by atoms with van der Waals surface area (Å²) < 4.78 is 0. The zero-order valence-electron chi connectivity index (χ0n) is 10.8. The molecule has 0 saturated carbocycles. The van der Waals surface area contributed by atoms with Gasteiger partial charge in [-0.2, -0.15) is 0 Å². The van der Waals surface area contributed by atoms with Gasteiger partial charge in [-0.25, -0.2) is 0 Å². The average molecular weight is 310 g/mol. The molecule has 0 aliphatic heterocycles. The Morgan fingerprint density at radius 3 is 1.95 bits per heavy atom. The Balaban J connectivity index is 5.47. The molecule has 0 aliphatic carbocycles. The number of aliphatic hydroxyl groups excluding tert-OH is 4. The van der Waals surface area contributed by atoms with E-state index >= 15 is 0 Å². The van der Waals surface area contributed by atoms with Gasteiger partial charge in [0.25, 0.3) is 5.91 Å². The van der Waals surface area contributed by atoms with Crippen molar-refractivity contribution in [3.63, 3.8) is 0 Å². The molecule has 122 valence electrons. The predicted molar refractivity (Wildman–Crippen MR) is 64.5 cm³/mol. The molecule has 11 nitrogen and oxygen atoms in total. The van der Waals surface area contributed by atoms with Gasteiger partial charge in [0, 0.05) is 0 Å². The van der Waals surface area contributed by atoms with E-state index in [1.807, 2.05) is 0 Å². The molecule has 0 bridgehead atoms. The molecule has 0 rings (SSSR count). The molecule has 0 heterocycles. The molecule has 0 radical (unpaired) electrons. The summed E-state index contributed by atoms with van der Waals surface area (Å²) in [4.78, 5) is 33.5. The molecule has 10 N–H and O–H groups in total. The van der Waals surface area contributed by atoms with Crippen LogP contribution in [0.2, 0.25) is 0 Å². The number of rotatable bonds is 9. The van der Waals surface area contributed by atoms with Gasteiger partial charge in [-0.1, -0.05) is 0 Å². The van der Waals surface area contributed by atoms with Gasteiger partial charge in [-0.3, -0.25) is 14.4 Å². The van der Waals surface area contributed by atoms with E-state index in [2.05, 4.69) is 0 Å². The monoisotopic (exact) mass is 310 g/mol. The van der Waals surface area contributed by atoms with E-state index in [0.717, 1.165) is 0 Å². The van der Waals surface area contributed by atoms with E-state index in [1.54, 1.807) is 0 Å². The number of aliphatic hydroxyl groups is 5. The standard InChI is InChI=1S/C10H18N2O9/c11-3(1-5(15)16)7(18)10(21,9(12)20)8(19)6(17)4(14)2-13/h3-4,6,8,13-14,17,19,21H,1-2,11H2,(H2,12,20)(H,15,16)/t3-,4+,6+,8-,10+/m0/s1. The summed E-state index contributed by atoms with van der Waals surface area (Å²) in [6, 6.07) is -1.90. The number of hydrogen-bond acceptors (Lipinski definition) is 9. The number of primary amides is 1. The highest BCUT2D eigenvalue weighted by atomic mass is 16.4. The lowest BCUT2D eigenvalue weighted by Crippen LogP contribution is -2.67. The number of ketones is 1. The van der Waals surface area contributed by atoms with Crippen LogP contribution in [-0.2, 0) is 14.4 Å². The van der Waals surface area contributed by atoms with E-state index < -0.39 is 60.6 Å². The van der Waals surface area contributed by atoms with Crippen molar-refractivity contribution in [3.05, 3.63) is 0 Å². The molecule has 0 aromatic heterocycles. The van der Waals surface area contributed by atoms with Crippen LogP contribution in [0.15, 0.2) is 0 Å². The van der Waals surface area contributed by atoms with Crippen molar-refractivity contribution in [2.24, 2.45) is 11.5 Å².